The zero-order chi connectivity index (χ0) is 18.9. The molecule has 1 aromatic heterocycles. The average molecular weight is 383 g/mol. The lowest BCUT2D eigenvalue weighted by molar-refractivity contribution is 0.213. The highest BCUT2D eigenvalue weighted by molar-refractivity contribution is 7.89. The second kappa shape index (κ2) is 7.08. The minimum Gasteiger partial charge on any atom is -0.495 e. The Morgan fingerprint density at radius 1 is 1.27 bits per heavy atom. The highest BCUT2D eigenvalue weighted by Crippen LogP contribution is 2.30. The number of halogens is 1. The molecule has 2 heterocycles. The van der Waals surface area contributed by atoms with Crippen LogP contribution in [0.15, 0.2) is 44.4 Å². The van der Waals surface area contributed by atoms with E-state index in [1.807, 2.05) is 0 Å². The molecule has 0 saturated carbocycles. The van der Waals surface area contributed by atoms with Crippen molar-refractivity contribution in [2.45, 2.75) is 24.3 Å². The Bertz CT molecular complexity index is 971. The number of benzene rings is 1. The van der Waals surface area contributed by atoms with Gasteiger partial charge in [0.25, 0.3) is 0 Å². The Hall–Kier alpha value is -2.39. The molecule has 2 aromatic rings. The molecule has 1 aliphatic heterocycles. The third-order valence-electron chi connectivity index (χ3n) is 4.02. The Morgan fingerprint density at radius 2 is 2.04 bits per heavy atom. The lowest BCUT2D eigenvalue weighted by Gasteiger charge is -2.19. The van der Waals surface area contributed by atoms with Gasteiger partial charge < -0.3 is 13.9 Å². The van der Waals surface area contributed by atoms with E-state index in [0.29, 0.717) is 17.9 Å². The Kier molecular flexibility index (Phi) is 5.01. The topological polar surface area (TPSA) is 86.1 Å². The second-order valence-electron chi connectivity index (χ2n) is 5.91. The maximum absolute atomic E-state index is 13.5. The van der Waals surface area contributed by atoms with Gasteiger partial charge in [0.2, 0.25) is 10.0 Å². The van der Waals surface area contributed by atoms with E-state index in [1.165, 1.54) is 23.5 Å². The van der Waals surface area contributed by atoms with Crippen LogP contribution in [0.2, 0.25) is 0 Å². The van der Waals surface area contributed by atoms with Crippen LogP contribution in [-0.2, 0) is 10.0 Å². The summed E-state index contributed by atoms with van der Waals surface area (Å²) >= 11 is 0. The lowest BCUT2D eigenvalue weighted by Crippen LogP contribution is -2.31. The smallest absolute Gasteiger partial charge is 0.339 e. The summed E-state index contributed by atoms with van der Waals surface area (Å²) in [5.41, 5.74) is -0.535. The first kappa shape index (κ1) is 18.4. The van der Waals surface area contributed by atoms with E-state index in [2.05, 4.69) is 0 Å². The molecule has 0 amide bonds. The molecule has 0 N–H and O–H groups in total. The highest BCUT2D eigenvalue weighted by atomic mass is 32.2. The predicted octanol–water partition coefficient (Wildman–Crippen LogP) is 1.94. The van der Waals surface area contributed by atoms with Crippen molar-refractivity contribution in [3.05, 3.63) is 52.3 Å². The number of nitrogens with zero attached hydrogens (tertiary/aromatic N) is 1. The van der Waals surface area contributed by atoms with Gasteiger partial charge in [-0.3, -0.25) is 0 Å². The van der Waals surface area contributed by atoms with Crippen molar-refractivity contribution in [3.63, 3.8) is 0 Å². The number of hydrogen-bond donors (Lipinski definition) is 0. The van der Waals surface area contributed by atoms with Gasteiger partial charge in [0.05, 0.1) is 19.7 Å². The summed E-state index contributed by atoms with van der Waals surface area (Å²) in [5, 5.41) is 0. The van der Waals surface area contributed by atoms with Gasteiger partial charge in [-0.05, 0) is 31.5 Å². The molecule has 0 spiro atoms. The lowest BCUT2D eigenvalue weighted by atomic mass is 10.3. The number of aryl methyl sites for hydroxylation is 1. The molecule has 0 bridgehead atoms. The van der Waals surface area contributed by atoms with Crippen molar-refractivity contribution in [2.75, 3.05) is 20.2 Å². The zero-order valence-electron chi connectivity index (χ0n) is 14.3. The predicted molar refractivity (Wildman–Crippen MR) is 90.5 cm³/mol. The molecule has 0 aliphatic carbocycles. The van der Waals surface area contributed by atoms with Crippen molar-refractivity contribution in [1.29, 1.82) is 0 Å². The maximum Gasteiger partial charge on any atom is 0.339 e. The van der Waals surface area contributed by atoms with E-state index in [1.54, 1.807) is 13.0 Å². The summed E-state index contributed by atoms with van der Waals surface area (Å²) in [6, 6.07) is 6.12. The molecule has 1 saturated heterocycles. The molecular formula is C17H18FNO6S. The van der Waals surface area contributed by atoms with Crippen LogP contribution in [-0.4, -0.2) is 39.0 Å². The van der Waals surface area contributed by atoms with E-state index in [-0.39, 0.29) is 23.7 Å². The standard InChI is InChI=1S/C17H18FNO6S/c1-11-7-14(9-17(20)24-11)25-13-5-6-19(10-13)26(21,22)16-8-12(18)3-4-15(16)23-2/h3-4,7-9,13H,5-6,10H2,1-2H3/t13-/m0/s1. The average Bonchev–Trinajstić information content (AvgIpc) is 3.03. The van der Waals surface area contributed by atoms with E-state index in [9.17, 15) is 17.6 Å². The first-order valence-electron chi connectivity index (χ1n) is 7.92. The Labute approximate surface area is 150 Å². The molecule has 1 aliphatic rings. The number of methoxy groups -OCH3 is 1. The van der Waals surface area contributed by atoms with Crippen LogP contribution in [0.1, 0.15) is 12.2 Å². The molecule has 140 valence electrons. The molecule has 3 rings (SSSR count). The summed E-state index contributed by atoms with van der Waals surface area (Å²) in [5.74, 6) is 0.140. The summed E-state index contributed by atoms with van der Waals surface area (Å²) < 4.78 is 56.0. The Morgan fingerprint density at radius 3 is 2.73 bits per heavy atom. The van der Waals surface area contributed by atoms with Gasteiger partial charge >= 0.3 is 5.63 Å². The Balaban J connectivity index is 1.79. The van der Waals surface area contributed by atoms with Crippen molar-refractivity contribution in [3.8, 4) is 11.5 Å². The van der Waals surface area contributed by atoms with E-state index >= 15 is 0 Å². The zero-order valence-corrected chi connectivity index (χ0v) is 15.1. The largest absolute Gasteiger partial charge is 0.495 e. The van der Waals surface area contributed by atoms with E-state index in [4.69, 9.17) is 13.9 Å². The minimum absolute atomic E-state index is 0.0760. The normalized spacial score (nSPS) is 18.0. The van der Waals surface area contributed by atoms with Gasteiger partial charge in [0.15, 0.2) is 0 Å². The number of rotatable bonds is 5. The monoisotopic (exact) mass is 383 g/mol. The molecule has 26 heavy (non-hydrogen) atoms. The third kappa shape index (κ3) is 3.73. The molecule has 1 aromatic carbocycles. The molecule has 1 fully saturated rings. The van der Waals surface area contributed by atoms with Crippen LogP contribution in [0.4, 0.5) is 4.39 Å². The molecule has 9 heteroatoms. The summed E-state index contributed by atoms with van der Waals surface area (Å²) in [4.78, 5) is 11.2. The summed E-state index contributed by atoms with van der Waals surface area (Å²) in [6.07, 6.45) is 0.0152. The first-order valence-corrected chi connectivity index (χ1v) is 9.36. The van der Waals surface area contributed by atoms with Crippen LogP contribution < -0.4 is 15.1 Å². The molecule has 0 radical (unpaired) electrons. The van der Waals surface area contributed by atoms with Crippen molar-refractivity contribution in [2.24, 2.45) is 0 Å². The fraction of sp³-hybridized carbons (Fsp3) is 0.353. The minimum atomic E-state index is -3.94. The van der Waals surface area contributed by atoms with Gasteiger partial charge in [0.1, 0.15) is 34.1 Å². The first-order chi connectivity index (χ1) is 12.3. The molecular weight excluding hydrogens is 365 g/mol. The fourth-order valence-corrected chi connectivity index (χ4v) is 4.49. The van der Waals surface area contributed by atoms with Crippen LogP contribution in [0.3, 0.4) is 0 Å². The van der Waals surface area contributed by atoms with Crippen LogP contribution in [0.25, 0.3) is 0 Å². The van der Waals surface area contributed by atoms with Crippen molar-refractivity contribution in [1.82, 2.24) is 4.31 Å². The second-order valence-corrected chi connectivity index (χ2v) is 7.82. The van der Waals surface area contributed by atoms with Crippen LogP contribution >= 0.6 is 0 Å². The molecule has 0 unspecified atom stereocenters. The summed E-state index contributed by atoms with van der Waals surface area (Å²) in [7, 11) is -2.61. The van der Waals surface area contributed by atoms with E-state index in [0.717, 1.165) is 12.1 Å². The van der Waals surface area contributed by atoms with Gasteiger partial charge in [0, 0.05) is 12.6 Å². The summed E-state index contributed by atoms with van der Waals surface area (Å²) in [6.45, 7) is 1.92. The maximum atomic E-state index is 13.5. The number of ether oxygens (including phenoxy) is 2. The molecule has 7 nitrogen and oxygen atoms in total. The van der Waals surface area contributed by atoms with Gasteiger partial charge in [-0.1, -0.05) is 0 Å². The van der Waals surface area contributed by atoms with Gasteiger partial charge in [-0.25, -0.2) is 17.6 Å². The highest BCUT2D eigenvalue weighted by Gasteiger charge is 2.35. The third-order valence-corrected chi connectivity index (χ3v) is 5.91. The fourth-order valence-electron chi connectivity index (χ4n) is 2.84. The van der Waals surface area contributed by atoms with Gasteiger partial charge in [-0.2, -0.15) is 4.31 Å². The number of sulfonamides is 1. The van der Waals surface area contributed by atoms with Gasteiger partial charge in [-0.15, -0.1) is 0 Å². The molecule has 1 atom stereocenters. The van der Waals surface area contributed by atoms with Crippen LogP contribution in [0.5, 0.6) is 11.5 Å². The van der Waals surface area contributed by atoms with Crippen LogP contribution in [0, 0.1) is 12.7 Å². The quantitative estimate of drug-likeness (QED) is 0.784. The van der Waals surface area contributed by atoms with E-state index < -0.39 is 27.6 Å². The number of hydrogen-bond acceptors (Lipinski definition) is 6. The van der Waals surface area contributed by atoms with Crippen molar-refractivity contribution < 1.29 is 26.7 Å². The SMILES string of the molecule is COc1ccc(F)cc1S(=O)(=O)N1CC[C@H](Oc2cc(C)oc(=O)c2)C1. The van der Waals surface area contributed by atoms with Crippen molar-refractivity contribution >= 4 is 10.0 Å².